The van der Waals surface area contributed by atoms with Gasteiger partial charge in [-0.05, 0) is 33.6 Å². The van der Waals surface area contributed by atoms with Crippen molar-refractivity contribution >= 4 is 11.9 Å². The molecule has 1 fully saturated rings. The molecule has 0 atom stereocenters. The van der Waals surface area contributed by atoms with Gasteiger partial charge in [0.15, 0.2) is 0 Å². The van der Waals surface area contributed by atoms with Crippen LogP contribution in [-0.2, 0) is 4.79 Å². The lowest BCUT2D eigenvalue weighted by molar-refractivity contribution is -0.125. The van der Waals surface area contributed by atoms with Gasteiger partial charge >= 0.3 is 6.03 Å². The van der Waals surface area contributed by atoms with E-state index in [1.807, 2.05) is 14.1 Å². The summed E-state index contributed by atoms with van der Waals surface area (Å²) >= 11 is 0. The largest absolute Gasteiger partial charge is 0.329 e. The van der Waals surface area contributed by atoms with Crippen molar-refractivity contribution < 1.29 is 9.59 Å². The third-order valence-electron chi connectivity index (χ3n) is 2.61. The molecule has 0 aliphatic carbocycles. The second kappa shape index (κ2) is 6.44. The van der Waals surface area contributed by atoms with Crippen LogP contribution in [0.25, 0.3) is 0 Å². The van der Waals surface area contributed by atoms with Crippen molar-refractivity contribution in [2.75, 3.05) is 46.8 Å². The van der Waals surface area contributed by atoms with Gasteiger partial charge in [0.1, 0.15) is 0 Å². The number of rotatable bonds is 7. The molecule has 6 nitrogen and oxygen atoms in total. The van der Waals surface area contributed by atoms with E-state index in [9.17, 15) is 9.59 Å². The minimum atomic E-state index is -0.270. The van der Waals surface area contributed by atoms with Crippen LogP contribution in [0.4, 0.5) is 4.79 Å². The lowest BCUT2D eigenvalue weighted by Gasteiger charge is -2.19. The lowest BCUT2D eigenvalue weighted by Crippen LogP contribution is -2.38. The molecule has 0 saturated carbocycles. The Labute approximate surface area is 96.0 Å². The van der Waals surface area contributed by atoms with Crippen molar-refractivity contribution in [3.8, 4) is 0 Å². The minimum Gasteiger partial charge on any atom is -0.329 e. The fourth-order valence-corrected chi connectivity index (χ4v) is 1.59. The standard InChI is InChI=1S/C10H20N4O2/c1-11-4-3-5-13(2)6-7-14-9(15)8-12-10(14)16/h11H,3-8H2,1-2H3,(H,12,16). The molecule has 0 aromatic rings. The SMILES string of the molecule is CNCCCN(C)CCN1C(=O)CNC1=O. The Bertz CT molecular complexity index is 241. The molecular weight excluding hydrogens is 208 g/mol. The van der Waals surface area contributed by atoms with E-state index in [4.69, 9.17) is 0 Å². The first-order valence-electron chi connectivity index (χ1n) is 5.56. The van der Waals surface area contributed by atoms with E-state index in [2.05, 4.69) is 15.5 Å². The molecule has 1 rings (SSSR count). The second-order valence-corrected chi connectivity index (χ2v) is 3.96. The summed E-state index contributed by atoms with van der Waals surface area (Å²) in [5.41, 5.74) is 0. The fourth-order valence-electron chi connectivity index (χ4n) is 1.59. The number of hydrogen-bond acceptors (Lipinski definition) is 4. The smallest absolute Gasteiger partial charge is 0.324 e. The normalized spacial score (nSPS) is 16.1. The average molecular weight is 228 g/mol. The number of urea groups is 1. The van der Waals surface area contributed by atoms with E-state index in [1.165, 1.54) is 4.90 Å². The van der Waals surface area contributed by atoms with Gasteiger partial charge in [-0.15, -0.1) is 0 Å². The first-order valence-corrected chi connectivity index (χ1v) is 5.56. The van der Waals surface area contributed by atoms with Gasteiger partial charge in [0.2, 0.25) is 5.91 Å². The Balaban J connectivity index is 2.18. The van der Waals surface area contributed by atoms with Gasteiger partial charge in [-0.25, -0.2) is 4.79 Å². The van der Waals surface area contributed by atoms with Crippen LogP contribution < -0.4 is 10.6 Å². The molecule has 0 unspecified atom stereocenters. The number of amides is 3. The molecular formula is C10H20N4O2. The van der Waals surface area contributed by atoms with E-state index in [1.54, 1.807) is 0 Å². The summed E-state index contributed by atoms with van der Waals surface area (Å²) in [5.74, 6) is -0.131. The molecule has 2 N–H and O–H groups in total. The summed E-state index contributed by atoms with van der Waals surface area (Å²) in [4.78, 5) is 25.9. The molecule has 1 saturated heterocycles. The average Bonchev–Trinajstić information content (AvgIpc) is 2.57. The van der Waals surface area contributed by atoms with Crippen LogP contribution in [0.3, 0.4) is 0 Å². The molecule has 1 heterocycles. The molecule has 1 aliphatic heterocycles. The van der Waals surface area contributed by atoms with Gasteiger partial charge in [0, 0.05) is 13.1 Å². The lowest BCUT2D eigenvalue weighted by atomic mass is 10.4. The van der Waals surface area contributed by atoms with Crippen molar-refractivity contribution in [3.63, 3.8) is 0 Å². The van der Waals surface area contributed by atoms with Crippen molar-refractivity contribution in [2.24, 2.45) is 0 Å². The Kier molecular flexibility index (Phi) is 5.21. The molecule has 0 radical (unpaired) electrons. The maximum absolute atomic E-state index is 11.3. The second-order valence-electron chi connectivity index (χ2n) is 3.96. The summed E-state index contributed by atoms with van der Waals surface area (Å²) < 4.78 is 0. The number of likely N-dealkylation sites (N-methyl/N-ethyl adjacent to an activating group) is 1. The van der Waals surface area contributed by atoms with Crippen LogP contribution in [0.15, 0.2) is 0 Å². The number of imide groups is 1. The Morgan fingerprint density at radius 1 is 1.44 bits per heavy atom. The van der Waals surface area contributed by atoms with E-state index in [-0.39, 0.29) is 18.5 Å². The van der Waals surface area contributed by atoms with Crippen LogP contribution in [0.1, 0.15) is 6.42 Å². The zero-order valence-electron chi connectivity index (χ0n) is 9.95. The molecule has 0 spiro atoms. The molecule has 6 heteroatoms. The molecule has 1 aliphatic rings. The summed E-state index contributed by atoms with van der Waals surface area (Å²) in [5, 5.41) is 5.58. The zero-order valence-corrected chi connectivity index (χ0v) is 9.95. The molecule has 0 aromatic heterocycles. The van der Waals surface area contributed by atoms with E-state index in [0.29, 0.717) is 6.54 Å². The van der Waals surface area contributed by atoms with Gasteiger partial charge in [-0.1, -0.05) is 0 Å². The zero-order chi connectivity index (χ0) is 12.0. The topological polar surface area (TPSA) is 64.7 Å². The summed E-state index contributed by atoms with van der Waals surface area (Å²) in [6.45, 7) is 3.28. The first kappa shape index (κ1) is 12.9. The highest BCUT2D eigenvalue weighted by Gasteiger charge is 2.27. The number of nitrogens with zero attached hydrogens (tertiary/aromatic N) is 2. The van der Waals surface area contributed by atoms with Gasteiger partial charge in [0.05, 0.1) is 6.54 Å². The van der Waals surface area contributed by atoms with Crippen LogP contribution in [0.5, 0.6) is 0 Å². The highest BCUT2D eigenvalue weighted by Crippen LogP contribution is 1.99. The Morgan fingerprint density at radius 3 is 2.75 bits per heavy atom. The first-order chi connectivity index (χ1) is 7.65. The van der Waals surface area contributed by atoms with Gasteiger partial charge in [0.25, 0.3) is 0 Å². The van der Waals surface area contributed by atoms with Gasteiger partial charge < -0.3 is 15.5 Å². The highest BCUT2D eigenvalue weighted by molar-refractivity contribution is 6.01. The number of carbonyl (C=O) groups is 2. The summed E-state index contributed by atoms with van der Waals surface area (Å²) in [6.07, 6.45) is 1.06. The molecule has 3 amide bonds. The van der Waals surface area contributed by atoms with Crippen LogP contribution >= 0.6 is 0 Å². The predicted octanol–water partition coefficient (Wildman–Crippen LogP) is -0.920. The van der Waals surface area contributed by atoms with E-state index in [0.717, 1.165) is 26.1 Å². The summed E-state index contributed by atoms with van der Waals surface area (Å²) in [6, 6.07) is -0.270. The number of hydrogen-bond donors (Lipinski definition) is 2. The molecule has 16 heavy (non-hydrogen) atoms. The molecule has 0 aromatic carbocycles. The fraction of sp³-hybridized carbons (Fsp3) is 0.800. The minimum absolute atomic E-state index is 0.131. The van der Waals surface area contributed by atoms with Crippen molar-refractivity contribution in [2.45, 2.75) is 6.42 Å². The highest BCUT2D eigenvalue weighted by atomic mass is 16.2. The van der Waals surface area contributed by atoms with Crippen LogP contribution in [-0.4, -0.2) is 68.6 Å². The number of carbonyl (C=O) groups excluding carboxylic acids is 2. The third-order valence-corrected chi connectivity index (χ3v) is 2.61. The number of nitrogens with one attached hydrogen (secondary N) is 2. The Hall–Kier alpha value is -1.14. The van der Waals surface area contributed by atoms with E-state index >= 15 is 0 Å². The Morgan fingerprint density at radius 2 is 2.19 bits per heavy atom. The predicted molar refractivity (Wildman–Crippen MR) is 61.2 cm³/mol. The van der Waals surface area contributed by atoms with E-state index < -0.39 is 0 Å². The van der Waals surface area contributed by atoms with Crippen molar-refractivity contribution in [3.05, 3.63) is 0 Å². The monoisotopic (exact) mass is 228 g/mol. The van der Waals surface area contributed by atoms with Crippen LogP contribution in [0, 0.1) is 0 Å². The summed E-state index contributed by atoms with van der Waals surface area (Å²) in [7, 11) is 3.92. The maximum atomic E-state index is 11.3. The maximum Gasteiger partial charge on any atom is 0.324 e. The third kappa shape index (κ3) is 3.79. The molecule has 0 bridgehead atoms. The van der Waals surface area contributed by atoms with Crippen molar-refractivity contribution in [1.29, 1.82) is 0 Å². The molecule has 92 valence electrons. The van der Waals surface area contributed by atoms with Gasteiger partial charge in [-0.2, -0.15) is 0 Å². The van der Waals surface area contributed by atoms with Crippen LogP contribution in [0.2, 0.25) is 0 Å². The van der Waals surface area contributed by atoms with Gasteiger partial charge in [-0.3, -0.25) is 9.69 Å². The van der Waals surface area contributed by atoms with Crippen molar-refractivity contribution in [1.82, 2.24) is 20.4 Å². The quantitative estimate of drug-likeness (QED) is 0.437.